The maximum absolute atomic E-state index is 11.7. The fourth-order valence-electron chi connectivity index (χ4n) is 1.32. The van der Waals surface area contributed by atoms with Gasteiger partial charge in [0.15, 0.2) is 5.82 Å². The normalized spacial score (nSPS) is 13.7. The molecule has 1 aromatic rings. The summed E-state index contributed by atoms with van der Waals surface area (Å²) in [5, 5.41) is 4.25. The fraction of sp³-hybridized carbons (Fsp3) is 0.750. The minimum absolute atomic E-state index is 0.254. The van der Waals surface area contributed by atoms with Crippen molar-refractivity contribution in [3.8, 4) is 0 Å². The molecule has 0 radical (unpaired) electrons. The van der Waals surface area contributed by atoms with Crippen molar-refractivity contribution in [2.45, 2.75) is 58.7 Å². The molecule has 18 heavy (non-hydrogen) atoms. The average Bonchev–Trinajstić information content (AvgIpc) is 2.63. The summed E-state index contributed by atoms with van der Waals surface area (Å²) in [6.07, 6.45) is 1.58. The van der Waals surface area contributed by atoms with Crippen molar-refractivity contribution in [2.75, 3.05) is 0 Å². The number of esters is 1. The summed E-state index contributed by atoms with van der Waals surface area (Å²) in [7, 11) is 0. The lowest BCUT2D eigenvalue weighted by molar-refractivity contribution is -0.156. The van der Waals surface area contributed by atoms with Crippen LogP contribution in [0.25, 0.3) is 0 Å². The molecule has 2 N–H and O–H groups in total. The Balaban J connectivity index is 2.58. The molecule has 0 amide bonds. The topological polar surface area (TPSA) is 83.0 Å². The van der Waals surface area contributed by atoms with E-state index in [-0.39, 0.29) is 12.5 Å². The van der Waals surface area contributed by atoms with Gasteiger partial charge < -0.3 is 10.5 Å². The number of carbonyl (C=O) groups is 1. The number of nitrogens with two attached hydrogens (primary N) is 1. The van der Waals surface area contributed by atoms with Crippen LogP contribution in [0.15, 0.2) is 6.33 Å². The molecule has 0 saturated heterocycles. The van der Waals surface area contributed by atoms with Crippen LogP contribution in [0.1, 0.15) is 46.4 Å². The van der Waals surface area contributed by atoms with E-state index < -0.39 is 17.6 Å². The van der Waals surface area contributed by atoms with Gasteiger partial charge in [-0.25, -0.2) is 4.98 Å². The van der Waals surface area contributed by atoms with Crippen molar-refractivity contribution in [2.24, 2.45) is 5.73 Å². The third-order valence-electron chi connectivity index (χ3n) is 2.16. The first kappa shape index (κ1) is 14.6. The number of aromatic nitrogens is 3. The van der Waals surface area contributed by atoms with Crippen molar-refractivity contribution in [3.05, 3.63) is 12.2 Å². The highest BCUT2D eigenvalue weighted by Crippen LogP contribution is 2.09. The van der Waals surface area contributed by atoms with Gasteiger partial charge in [0.2, 0.25) is 0 Å². The molecule has 1 unspecified atom stereocenters. The molecule has 1 atom stereocenters. The monoisotopic (exact) mass is 254 g/mol. The molecule has 0 aromatic carbocycles. The maximum Gasteiger partial charge on any atom is 0.325 e. The third-order valence-corrected chi connectivity index (χ3v) is 2.16. The number of hydrogen-bond donors (Lipinski definition) is 1. The fourth-order valence-corrected chi connectivity index (χ4v) is 1.32. The summed E-state index contributed by atoms with van der Waals surface area (Å²) in [5.74, 6) is 0.569. The van der Waals surface area contributed by atoms with E-state index in [2.05, 4.69) is 10.1 Å². The predicted molar refractivity (Wildman–Crippen MR) is 67.9 cm³/mol. The summed E-state index contributed by atoms with van der Waals surface area (Å²) in [6.45, 7) is 9.72. The molecule has 0 fully saturated rings. The Morgan fingerprint density at radius 3 is 2.56 bits per heavy atom. The van der Waals surface area contributed by atoms with Gasteiger partial charge >= 0.3 is 5.97 Å². The van der Waals surface area contributed by atoms with Crippen LogP contribution in [0.3, 0.4) is 0 Å². The molecular weight excluding hydrogens is 232 g/mol. The minimum atomic E-state index is -0.731. The summed E-state index contributed by atoms with van der Waals surface area (Å²) in [6, 6.07) is -0.731. The first-order chi connectivity index (χ1) is 8.19. The minimum Gasteiger partial charge on any atom is -0.459 e. The molecule has 0 aliphatic heterocycles. The van der Waals surface area contributed by atoms with Crippen LogP contribution >= 0.6 is 0 Å². The second-order valence-electron chi connectivity index (χ2n) is 5.62. The molecule has 1 rings (SSSR count). The number of nitrogens with zero attached hydrogens (tertiary/aromatic N) is 3. The lowest BCUT2D eigenvalue weighted by Gasteiger charge is -2.22. The van der Waals surface area contributed by atoms with Crippen molar-refractivity contribution < 1.29 is 9.53 Å². The van der Waals surface area contributed by atoms with E-state index in [1.165, 1.54) is 0 Å². The van der Waals surface area contributed by atoms with Gasteiger partial charge in [0.25, 0.3) is 0 Å². The van der Waals surface area contributed by atoms with Gasteiger partial charge in [0, 0.05) is 5.92 Å². The molecular formula is C12H22N4O2. The second kappa shape index (κ2) is 5.48. The first-order valence-electron chi connectivity index (χ1n) is 6.07. The molecule has 0 aliphatic rings. The largest absolute Gasteiger partial charge is 0.459 e. The first-order valence-corrected chi connectivity index (χ1v) is 6.07. The van der Waals surface area contributed by atoms with E-state index in [0.717, 1.165) is 5.82 Å². The smallest absolute Gasteiger partial charge is 0.325 e. The van der Waals surface area contributed by atoms with Gasteiger partial charge in [-0.15, -0.1) is 0 Å². The van der Waals surface area contributed by atoms with E-state index in [0.29, 0.717) is 0 Å². The molecule has 102 valence electrons. The van der Waals surface area contributed by atoms with Crippen LogP contribution < -0.4 is 5.73 Å². The Kier molecular flexibility index (Phi) is 4.45. The highest BCUT2D eigenvalue weighted by atomic mass is 16.6. The standard InChI is InChI=1S/C12H22N4O2/c1-8(2)10-14-7-16(15-10)6-9(13)11(17)18-12(3,4)5/h7-9H,6,13H2,1-5H3. The molecule has 6 heteroatoms. The molecule has 0 bridgehead atoms. The molecule has 0 saturated carbocycles. The van der Waals surface area contributed by atoms with Gasteiger partial charge in [0.05, 0.1) is 6.54 Å². The summed E-state index contributed by atoms with van der Waals surface area (Å²) in [5.41, 5.74) is 5.25. The zero-order valence-electron chi connectivity index (χ0n) is 11.7. The van der Waals surface area contributed by atoms with Crippen molar-refractivity contribution in [1.29, 1.82) is 0 Å². The second-order valence-corrected chi connectivity index (χ2v) is 5.62. The van der Waals surface area contributed by atoms with Crippen LogP contribution in [-0.2, 0) is 16.1 Å². The number of carbonyl (C=O) groups excluding carboxylic acids is 1. The quantitative estimate of drug-likeness (QED) is 0.813. The highest BCUT2D eigenvalue weighted by molar-refractivity contribution is 5.75. The van der Waals surface area contributed by atoms with Crippen molar-refractivity contribution in [3.63, 3.8) is 0 Å². The lowest BCUT2D eigenvalue weighted by atomic mass is 10.2. The van der Waals surface area contributed by atoms with Gasteiger partial charge in [0.1, 0.15) is 18.0 Å². The van der Waals surface area contributed by atoms with Gasteiger partial charge in [-0.05, 0) is 20.8 Å². The zero-order valence-corrected chi connectivity index (χ0v) is 11.7. The van der Waals surface area contributed by atoms with Crippen molar-refractivity contribution in [1.82, 2.24) is 14.8 Å². The Morgan fingerprint density at radius 1 is 1.50 bits per heavy atom. The zero-order chi connectivity index (χ0) is 13.9. The molecule has 0 spiro atoms. The van der Waals surface area contributed by atoms with Crippen molar-refractivity contribution >= 4 is 5.97 Å². The maximum atomic E-state index is 11.7. The Hall–Kier alpha value is -1.43. The average molecular weight is 254 g/mol. The van der Waals surface area contributed by atoms with E-state index in [9.17, 15) is 4.79 Å². The molecule has 6 nitrogen and oxygen atoms in total. The number of ether oxygens (including phenoxy) is 1. The van der Waals surface area contributed by atoms with Crippen LogP contribution in [0, 0.1) is 0 Å². The molecule has 1 aromatic heterocycles. The molecule has 1 heterocycles. The third kappa shape index (κ3) is 4.44. The predicted octanol–water partition coefficient (Wildman–Crippen LogP) is 1.07. The van der Waals surface area contributed by atoms with Crippen LogP contribution in [0.5, 0.6) is 0 Å². The SMILES string of the molecule is CC(C)c1ncn(CC(N)C(=O)OC(C)(C)C)n1. The Bertz CT molecular complexity index is 406. The Labute approximate surface area is 108 Å². The van der Waals surface area contributed by atoms with Gasteiger partial charge in [-0.1, -0.05) is 13.8 Å². The lowest BCUT2D eigenvalue weighted by Crippen LogP contribution is -2.40. The summed E-state index contributed by atoms with van der Waals surface area (Å²) >= 11 is 0. The molecule has 0 aliphatic carbocycles. The van der Waals surface area contributed by atoms with Crippen LogP contribution in [0.2, 0.25) is 0 Å². The van der Waals surface area contributed by atoms with Gasteiger partial charge in [-0.2, -0.15) is 5.10 Å². The summed E-state index contributed by atoms with van der Waals surface area (Å²) in [4.78, 5) is 15.8. The van der Waals surface area contributed by atoms with E-state index in [4.69, 9.17) is 10.5 Å². The van der Waals surface area contributed by atoms with Gasteiger partial charge in [-0.3, -0.25) is 9.48 Å². The highest BCUT2D eigenvalue weighted by Gasteiger charge is 2.22. The van der Waals surface area contributed by atoms with Crippen LogP contribution in [-0.4, -0.2) is 32.4 Å². The van der Waals surface area contributed by atoms with Crippen LogP contribution in [0.4, 0.5) is 0 Å². The number of rotatable bonds is 4. The number of hydrogen-bond acceptors (Lipinski definition) is 5. The summed E-state index contributed by atoms with van der Waals surface area (Å²) < 4.78 is 6.77. The van der Waals surface area contributed by atoms with E-state index in [1.54, 1.807) is 11.0 Å². The van der Waals surface area contributed by atoms with E-state index >= 15 is 0 Å². The van der Waals surface area contributed by atoms with E-state index in [1.807, 2.05) is 34.6 Å². The Morgan fingerprint density at radius 2 is 2.11 bits per heavy atom.